The summed E-state index contributed by atoms with van der Waals surface area (Å²) in [4.78, 5) is 26.3. The summed E-state index contributed by atoms with van der Waals surface area (Å²) in [5.74, 6) is 0. The molecule has 1 aliphatic heterocycles. The summed E-state index contributed by atoms with van der Waals surface area (Å²) < 4.78 is 5.22. The lowest BCUT2D eigenvalue weighted by Gasteiger charge is -2.26. The van der Waals surface area contributed by atoms with Crippen LogP contribution in [0.1, 0.15) is 31.7 Å². The van der Waals surface area contributed by atoms with Crippen LogP contribution in [0.2, 0.25) is 0 Å². The number of rotatable bonds is 6. The van der Waals surface area contributed by atoms with Gasteiger partial charge in [0.1, 0.15) is 6.61 Å². The molecule has 1 aliphatic rings. The van der Waals surface area contributed by atoms with Gasteiger partial charge in [-0.3, -0.25) is 0 Å². The van der Waals surface area contributed by atoms with E-state index in [-0.39, 0.29) is 6.61 Å². The first-order valence-electron chi connectivity index (χ1n) is 8.94. The third-order valence-electron chi connectivity index (χ3n) is 4.14. The van der Waals surface area contributed by atoms with E-state index in [1.807, 2.05) is 30.3 Å². The van der Waals surface area contributed by atoms with E-state index in [1.165, 1.54) is 24.3 Å². The highest BCUT2D eigenvalue weighted by molar-refractivity contribution is 5.77. The highest BCUT2D eigenvalue weighted by Crippen LogP contribution is 2.07. The fraction of sp³-hybridized carbons (Fsp3) is 0.556. The highest BCUT2D eigenvalue weighted by atomic mass is 16.6. The van der Waals surface area contributed by atoms with Crippen molar-refractivity contribution < 1.29 is 14.3 Å². The topological polar surface area (TPSA) is 73.9 Å². The number of hydrogen-bond acceptors (Lipinski definition) is 4. The fourth-order valence-corrected chi connectivity index (χ4v) is 2.72. The molecule has 138 valence electrons. The van der Waals surface area contributed by atoms with Crippen LogP contribution in [0.15, 0.2) is 30.3 Å². The first-order valence-corrected chi connectivity index (χ1v) is 8.94. The van der Waals surface area contributed by atoms with Crippen LogP contribution in [0.3, 0.4) is 0 Å². The molecule has 7 nitrogen and oxygen atoms in total. The molecule has 1 aromatic rings. The lowest BCUT2D eigenvalue weighted by Crippen LogP contribution is -2.51. The largest absolute Gasteiger partial charge is 0.443 e. The SMILES string of the molecule is CCN(NC(=O)NCCN1CCCCC1)C(=O)OCc1ccccc1. The molecular formula is C18H28N4O3. The van der Waals surface area contributed by atoms with Gasteiger partial charge in [0.25, 0.3) is 0 Å². The second-order valence-corrected chi connectivity index (χ2v) is 6.05. The zero-order chi connectivity index (χ0) is 17.9. The number of ether oxygens (including phenoxy) is 1. The number of amides is 3. The summed E-state index contributed by atoms with van der Waals surface area (Å²) in [5, 5.41) is 3.95. The van der Waals surface area contributed by atoms with Gasteiger partial charge in [0, 0.05) is 19.6 Å². The number of hydrazine groups is 1. The van der Waals surface area contributed by atoms with Crippen molar-refractivity contribution in [2.24, 2.45) is 0 Å². The molecule has 0 radical (unpaired) electrons. The number of nitrogens with zero attached hydrogens (tertiary/aromatic N) is 2. The fourth-order valence-electron chi connectivity index (χ4n) is 2.72. The molecule has 3 amide bonds. The van der Waals surface area contributed by atoms with E-state index >= 15 is 0 Å². The maximum absolute atomic E-state index is 12.1. The van der Waals surface area contributed by atoms with Crippen LogP contribution >= 0.6 is 0 Å². The van der Waals surface area contributed by atoms with Crippen molar-refractivity contribution in [3.8, 4) is 0 Å². The Morgan fingerprint density at radius 3 is 2.56 bits per heavy atom. The van der Waals surface area contributed by atoms with E-state index < -0.39 is 12.1 Å². The second-order valence-electron chi connectivity index (χ2n) is 6.05. The summed E-state index contributed by atoms with van der Waals surface area (Å²) in [6.45, 7) is 5.85. The molecule has 0 unspecified atom stereocenters. The third-order valence-corrected chi connectivity index (χ3v) is 4.14. The minimum Gasteiger partial charge on any atom is -0.443 e. The molecule has 1 aromatic carbocycles. The molecule has 0 spiro atoms. The van der Waals surface area contributed by atoms with Gasteiger partial charge >= 0.3 is 12.1 Å². The van der Waals surface area contributed by atoms with Crippen LogP contribution < -0.4 is 10.7 Å². The van der Waals surface area contributed by atoms with Crippen molar-refractivity contribution in [2.75, 3.05) is 32.7 Å². The molecule has 0 saturated carbocycles. The Labute approximate surface area is 149 Å². The number of nitrogens with one attached hydrogen (secondary N) is 2. The third kappa shape index (κ3) is 7.01. The van der Waals surface area contributed by atoms with Gasteiger partial charge < -0.3 is 15.0 Å². The predicted octanol–water partition coefficient (Wildman–Crippen LogP) is 2.35. The number of piperidine rings is 1. The summed E-state index contributed by atoms with van der Waals surface area (Å²) in [6.07, 6.45) is 3.17. The number of urea groups is 1. The molecule has 25 heavy (non-hydrogen) atoms. The van der Waals surface area contributed by atoms with Gasteiger partial charge in [0.15, 0.2) is 0 Å². The molecule has 1 heterocycles. The van der Waals surface area contributed by atoms with Crippen molar-refractivity contribution in [3.63, 3.8) is 0 Å². The first-order chi connectivity index (χ1) is 12.2. The Kier molecular flexibility index (Phi) is 8.04. The Hall–Kier alpha value is -2.28. The quantitative estimate of drug-likeness (QED) is 0.774. The Morgan fingerprint density at radius 2 is 1.88 bits per heavy atom. The van der Waals surface area contributed by atoms with Gasteiger partial charge in [-0.1, -0.05) is 36.8 Å². The maximum atomic E-state index is 12.1. The van der Waals surface area contributed by atoms with E-state index in [0.29, 0.717) is 13.1 Å². The molecule has 7 heteroatoms. The summed E-state index contributed by atoms with van der Waals surface area (Å²) in [5.41, 5.74) is 3.43. The van der Waals surface area contributed by atoms with Crippen LogP contribution in [0.5, 0.6) is 0 Å². The number of carbonyl (C=O) groups excluding carboxylic acids is 2. The standard InChI is InChI=1S/C18H28N4O3/c1-2-22(18(24)25-15-16-9-5-3-6-10-16)20-17(23)19-11-14-21-12-7-4-8-13-21/h3,5-6,9-10H,2,4,7-8,11-15H2,1H3,(H2,19,20,23). The second kappa shape index (κ2) is 10.6. The molecule has 1 saturated heterocycles. The van der Waals surface area contributed by atoms with Crippen molar-refractivity contribution in [2.45, 2.75) is 32.8 Å². The minimum atomic E-state index is -0.572. The monoisotopic (exact) mass is 348 g/mol. The van der Waals surface area contributed by atoms with Crippen LogP contribution in [0, 0.1) is 0 Å². The lowest BCUT2D eigenvalue weighted by atomic mass is 10.1. The zero-order valence-electron chi connectivity index (χ0n) is 14.9. The van der Waals surface area contributed by atoms with Gasteiger partial charge in [-0.25, -0.2) is 20.0 Å². The molecule has 0 aromatic heterocycles. The van der Waals surface area contributed by atoms with Gasteiger partial charge in [-0.15, -0.1) is 0 Å². The van der Waals surface area contributed by atoms with Crippen molar-refractivity contribution in [3.05, 3.63) is 35.9 Å². The Balaban J connectivity index is 1.66. The van der Waals surface area contributed by atoms with Crippen LogP contribution in [-0.4, -0.2) is 54.8 Å². The number of hydrogen-bond donors (Lipinski definition) is 2. The minimum absolute atomic E-state index is 0.175. The molecule has 2 N–H and O–H groups in total. The van der Waals surface area contributed by atoms with Crippen LogP contribution in [0.25, 0.3) is 0 Å². The van der Waals surface area contributed by atoms with Crippen molar-refractivity contribution >= 4 is 12.1 Å². The molecular weight excluding hydrogens is 320 g/mol. The summed E-state index contributed by atoms with van der Waals surface area (Å²) in [6, 6.07) is 9.04. The molecule has 1 fully saturated rings. The maximum Gasteiger partial charge on any atom is 0.429 e. The zero-order valence-corrected chi connectivity index (χ0v) is 14.9. The van der Waals surface area contributed by atoms with Gasteiger partial charge in [-0.2, -0.15) is 0 Å². The summed E-state index contributed by atoms with van der Waals surface area (Å²) >= 11 is 0. The van der Waals surface area contributed by atoms with Crippen LogP contribution in [0.4, 0.5) is 9.59 Å². The first kappa shape index (κ1) is 19.1. The molecule has 0 bridgehead atoms. The van der Waals surface area contributed by atoms with E-state index in [1.54, 1.807) is 6.92 Å². The van der Waals surface area contributed by atoms with Gasteiger partial charge in [-0.05, 0) is 38.4 Å². The Morgan fingerprint density at radius 1 is 1.16 bits per heavy atom. The molecule has 0 aliphatic carbocycles. The smallest absolute Gasteiger partial charge is 0.429 e. The number of carbonyl (C=O) groups is 2. The average molecular weight is 348 g/mol. The lowest BCUT2D eigenvalue weighted by molar-refractivity contribution is 0.0832. The van der Waals surface area contributed by atoms with Crippen molar-refractivity contribution in [1.82, 2.24) is 20.7 Å². The summed E-state index contributed by atoms with van der Waals surface area (Å²) in [7, 11) is 0. The Bertz CT molecular complexity index is 532. The van der Waals surface area contributed by atoms with E-state index in [4.69, 9.17) is 4.74 Å². The highest BCUT2D eigenvalue weighted by Gasteiger charge is 2.16. The van der Waals surface area contributed by atoms with Crippen molar-refractivity contribution in [1.29, 1.82) is 0 Å². The number of benzene rings is 1. The average Bonchev–Trinajstić information content (AvgIpc) is 2.66. The van der Waals surface area contributed by atoms with E-state index in [2.05, 4.69) is 15.6 Å². The van der Waals surface area contributed by atoms with E-state index in [0.717, 1.165) is 25.2 Å². The normalized spacial score (nSPS) is 14.6. The predicted molar refractivity (Wildman–Crippen MR) is 95.8 cm³/mol. The number of likely N-dealkylation sites (tertiary alicyclic amines) is 1. The molecule has 2 rings (SSSR count). The van der Waals surface area contributed by atoms with E-state index in [9.17, 15) is 9.59 Å². The molecule has 0 atom stereocenters. The van der Waals surface area contributed by atoms with Crippen LogP contribution in [-0.2, 0) is 11.3 Å². The van der Waals surface area contributed by atoms with Gasteiger partial charge in [0.2, 0.25) is 0 Å². The van der Waals surface area contributed by atoms with Gasteiger partial charge in [0.05, 0.1) is 0 Å².